The summed E-state index contributed by atoms with van der Waals surface area (Å²) in [7, 11) is 0. The minimum absolute atomic E-state index is 0.266. The van der Waals surface area contributed by atoms with Gasteiger partial charge in [0.05, 0.1) is 17.2 Å². The van der Waals surface area contributed by atoms with E-state index in [0.29, 0.717) is 30.6 Å². The molecule has 1 aliphatic rings. The average Bonchev–Trinajstić information content (AvgIpc) is 2.74. The normalized spacial score (nSPS) is 18.1. The van der Waals surface area contributed by atoms with Gasteiger partial charge in [-0.2, -0.15) is 0 Å². The largest absolute Gasteiger partial charge is 0.550 e. The number of carboxylic acids is 1. The number of anilines is 1. The van der Waals surface area contributed by atoms with Crippen molar-refractivity contribution in [1.29, 1.82) is 0 Å². The van der Waals surface area contributed by atoms with Gasteiger partial charge in [-0.3, -0.25) is 9.59 Å². The van der Waals surface area contributed by atoms with Crippen LogP contribution in [0, 0.1) is 11.8 Å². The quantitative estimate of drug-likeness (QED) is 0.705. The van der Waals surface area contributed by atoms with Crippen LogP contribution in [0.5, 0.6) is 0 Å². The molecule has 29 heavy (non-hydrogen) atoms. The third-order valence-electron chi connectivity index (χ3n) is 5.04. The summed E-state index contributed by atoms with van der Waals surface area (Å²) in [6.45, 7) is 0.464. The molecule has 2 amide bonds. The van der Waals surface area contributed by atoms with E-state index in [9.17, 15) is 19.5 Å². The van der Waals surface area contributed by atoms with Gasteiger partial charge in [0.25, 0.3) is 5.91 Å². The molecule has 0 heterocycles. The van der Waals surface area contributed by atoms with Crippen LogP contribution in [0.3, 0.4) is 0 Å². The van der Waals surface area contributed by atoms with E-state index < -0.39 is 23.7 Å². The van der Waals surface area contributed by atoms with Gasteiger partial charge in [-0.1, -0.05) is 54.6 Å². The lowest BCUT2D eigenvalue weighted by Gasteiger charge is -2.28. The van der Waals surface area contributed by atoms with Gasteiger partial charge >= 0.3 is 0 Å². The molecular formula is C23H23N2O4-. The number of carbonyl (C=O) groups excluding carboxylic acids is 3. The molecule has 0 bridgehead atoms. The molecule has 2 N–H and O–H groups in total. The van der Waals surface area contributed by atoms with Gasteiger partial charge in [-0.15, -0.1) is 0 Å². The maximum atomic E-state index is 12.7. The Morgan fingerprint density at radius 3 is 2.28 bits per heavy atom. The van der Waals surface area contributed by atoms with Crippen molar-refractivity contribution in [1.82, 2.24) is 5.32 Å². The van der Waals surface area contributed by atoms with Crippen molar-refractivity contribution in [2.24, 2.45) is 11.8 Å². The number of aliphatic carboxylic acids is 1. The van der Waals surface area contributed by atoms with Gasteiger partial charge in [-0.05, 0) is 37.0 Å². The van der Waals surface area contributed by atoms with E-state index >= 15 is 0 Å². The van der Waals surface area contributed by atoms with Gasteiger partial charge < -0.3 is 20.5 Å². The summed E-state index contributed by atoms with van der Waals surface area (Å²) >= 11 is 0. The first-order chi connectivity index (χ1) is 14.1. The van der Waals surface area contributed by atoms with Crippen molar-refractivity contribution < 1.29 is 19.5 Å². The monoisotopic (exact) mass is 391 g/mol. The van der Waals surface area contributed by atoms with Crippen LogP contribution in [0.25, 0.3) is 0 Å². The predicted octanol–water partition coefficient (Wildman–Crippen LogP) is 1.93. The number of benzene rings is 2. The number of allylic oxidation sites excluding steroid dienone is 2. The molecule has 2 unspecified atom stereocenters. The highest BCUT2D eigenvalue weighted by atomic mass is 16.4. The van der Waals surface area contributed by atoms with Gasteiger partial charge in [0, 0.05) is 18.4 Å². The van der Waals surface area contributed by atoms with Crippen molar-refractivity contribution in [3.63, 3.8) is 0 Å². The zero-order valence-electron chi connectivity index (χ0n) is 16.0. The standard InChI is InChI=1S/C23H24N2O4/c26-21(24-15-14-16-8-2-1-3-9-16)19-12-6-7-13-20(19)25-22(27)17-10-4-5-11-18(17)23(28)29/h1-9,12-13,17-18H,10-11,14-15H2,(H,24,26)(H,25,27)(H,28,29)/p-1. The highest BCUT2D eigenvalue weighted by Crippen LogP contribution is 2.27. The van der Waals surface area contributed by atoms with Gasteiger partial charge in [0.2, 0.25) is 5.91 Å². The molecule has 1 aliphatic carbocycles. The van der Waals surface area contributed by atoms with Gasteiger partial charge in [-0.25, -0.2) is 0 Å². The first-order valence-corrected chi connectivity index (χ1v) is 9.64. The highest BCUT2D eigenvalue weighted by Gasteiger charge is 2.30. The molecule has 0 radical (unpaired) electrons. The van der Waals surface area contributed by atoms with Crippen LogP contribution in [-0.2, 0) is 16.0 Å². The van der Waals surface area contributed by atoms with E-state index in [1.54, 1.807) is 36.4 Å². The van der Waals surface area contributed by atoms with Gasteiger partial charge in [0.15, 0.2) is 0 Å². The number of nitrogens with one attached hydrogen (secondary N) is 2. The number of hydrogen-bond acceptors (Lipinski definition) is 4. The Morgan fingerprint density at radius 2 is 1.55 bits per heavy atom. The first-order valence-electron chi connectivity index (χ1n) is 9.64. The summed E-state index contributed by atoms with van der Waals surface area (Å²) in [6.07, 6.45) is 4.84. The Kier molecular flexibility index (Phi) is 6.79. The second-order valence-corrected chi connectivity index (χ2v) is 7.00. The lowest BCUT2D eigenvalue weighted by atomic mass is 9.82. The van der Waals surface area contributed by atoms with Crippen LogP contribution in [0.15, 0.2) is 66.7 Å². The van der Waals surface area contributed by atoms with Crippen LogP contribution in [0.2, 0.25) is 0 Å². The van der Waals surface area contributed by atoms with Crippen LogP contribution >= 0.6 is 0 Å². The lowest BCUT2D eigenvalue weighted by Crippen LogP contribution is -2.41. The summed E-state index contributed by atoms with van der Waals surface area (Å²) in [5.74, 6) is -3.54. The average molecular weight is 391 g/mol. The second kappa shape index (κ2) is 9.68. The molecule has 150 valence electrons. The molecule has 0 fully saturated rings. The van der Waals surface area contributed by atoms with Crippen LogP contribution in [0.4, 0.5) is 5.69 Å². The summed E-state index contributed by atoms with van der Waals surface area (Å²) in [5.41, 5.74) is 1.82. The summed E-state index contributed by atoms with van der Waals surface area (Å²) in [6, 6.07) is 16.5. The van der Waals surface area contributed by atoms with Crippen LogP contribution < -0.4 is 15.7 Å². The maximum Gasteiger partial charge on any atom is 0.253 e. The molecule has 0 aromatic heterocycles. The SMILES string of the molecule is O=C(NCCc1ccccc1)c1ccccc1NC(=O)C1CC=CCC1C(=O)[O-]. The van der Waals surface area contributed by atoms with Crippen molar-refractivity contribution in [3.05, 3.63) is 77.9 Å². The van der Waals surface area contributed by atoms with Gasteiger partial charge in [0.1, 0.15) is 0 Å². The number of hydrogen-bond donors (Lipinski definition) is 2. The molecule has 0 aliphatic heterocycles. The molecule has 2 aromatic rings. The molecule has 6 heteroatoms. The summed E-state index contributed by atoms with van der Waals surface area (Å²) < 4.78 is 0. The van der Waals surface area contributed by atoms with E-state index in [0.717, 1.165) is 5.56 Å². The fourth-order valence-corrected chi connectivity index (χ4v) is 3.44. The topological polar surface area (TPSA) is 98.3 Å². The van der Waals surface area contributed by atoms with Crippen LogP contribution in [0.1, 0.15) is 28.8 Å². The van der Waals surface area contributed by atoms with E-state index in [4.69, 9.17) is 0 Å². The molecule has 6 nitrogen and oxygen atoms in total. The second-order valence-electron chi connectivity index (χ2n) is 7.00. The van der Waals surface area contributed by atoms with E-state index in [-0.39, 0.29) is 12.3 Å². The Morgan fingerprint density at radius 1 is 0.897 bits per heavy atom. The Labute approximate surface area is 169 Å². The van der Waals surface area contributed by atoms with Crippen molar-refractivity contribution in [3.8, 4) is 0 Å². The summed E-state index contributed by atoms with van der Waals surface area (Å²) in [5, 5.41) is 16.9. The molecular weight excluding hydrogens is 368 g/mol. The number of para-hydroxylation sites is 1. The molecule has 0 spiro atoms. The molecule has 2 aromatic carbocycles. The van der Waals surface area contributed by atoms with Crippen molar-refractivity contribution >= 4 is 23.5 Å². The Balaban J connectivity index is 1.65. The third-order valence-corrected chi connectivity index (χ3v) is 5.04. The zero-order valence-corrected chi connectivity index (χ0v) is 16.0. The predicted molar refractivity (Wildman–Crippen MR) is 108 cm³/mol. The maximum absolute atomic E-state index is 12.7. The highest BCUT2D eigenvalue weighted by molar-refractivity contribution is 6.04. The van der Waals surface area contributed by atoms with Crippen molar-refractivity contribution in [2.75, 3.05) is 11.9 Å². The Bertz CT molecular complexity index is 908. The van der Waals surface area contributed by atoms with E-state index in [2.05, 4.69) is 10.6 Å². The number of amides is 2. The number of rotatable bonds is 7. The zero-order chi connectivity index (χ0) is 20.6. The minimum atomic E-state index is -1.23. The number of carboxylic acid groups (broad SMARTS) is 1. The van der Waals surface area contributed by atoms with E-state index in [1.807, 2.05) is 30.3 Å². The smallest absolute Gasteiger partial charge is 0.253 e. The fraction of sp³-hybridized carbons (Fsp3) is 0.261. The van der Waals surface area contributed by atoms with E-state index in [1.165, 1.54) is 0 Å². The molecule has 3 rings (SSSR count). The molecule has 2 atom stereocenters. The van der Waals surface area contributed by atoms with Crippen molar-refractivity contribution in [2.45, 2.75) is 19.3 Å². The number of carbonyl (C=O) groups is 3. The first kappa shape index (κ1) is 20.3. The lowest BCUT2D eigenvalue weighted by molar-refractivity contribution is -0.313. The fourth-order valence-electron chi connectivity index (χ4n) is 3.44. The minimum Gasteiger partial charge on any atom is -0.550 e. The third kappa shape index (κ3) is 5.31. The molecule has 0 saturated carbocycles. The van der Waals surface area contributed by atoms with Crippen LogP contribution in [-0.4, -0.2) is 24.3 Å². The summed E-state index contributed by atoms with van der Waals surface area (Å²) in [4.78, 5) is 36.6. The molecule has 0 saturated heterocycles. The Hall–Kier alpha value is -3.41.